The largest absolute Gasteiger partial charge is 0.445 e. The summed E-state index contributed by atoms with van der Waals surface area (Å²) in [7, 11) is 0. The van der Waals surface area contributed by atoms with E-state index in [2.05, 4.69) is 10.3 Å². The fourth-order valence-corrected chi connectivity index (χ4v) is 4.27. The van der Waals surface area contributed by atoms with Crippen LogP contribution in [-0.2, 0) is 11.3 Å². The van der Waals surface area contributed by atoms with Crippen molar-refractivity contribution in [2.45, 2.75) is 38.3 Å². The molecular formula is C24H24N2O4. The molecule has 1 aromatic heterocycles. The summed E-state index contributed by atoms with van der Waals surface area (Å²) in [6.45, 7) is 0.215. The molecule has 0 aliphatic heterocycles. The molecule has 0 bridgehead atoms. The van der Waals surface area contributed by atoms with E-state index in [1.54, 1.807) is 18.2 Å². The smallest absolute Gasteiger partial charge is 0.408 e. The predicted molar refractivity (Wildman–Crippen MR) is 111 cm³/mol. The van der Waals surface area contributed by atoms with Gasteiger partial charge in [-0.1, -0.05) is 30.3 Å². The molecule has 2 aliphatic rings. The number of aldehydes is 1. The molecule has 2 fully saturated rings. The minimum absolute atomic E-state index is 0.215. The summed E-state index contributed by atoms with van der Waals surface area (Å²) >= 11 is 0. The van der Waals surface area contributed by atoms with Crippen LogP contribution in [0.2, 0.25) is 0 Å². The third-order valence-electron chi connectivity index (χ3n) is 6.03. The van der Waals surface area contributed by atoms with Crippen molar-refractivity contribution < 1.29 is 18.7 Å². The zero-order valence-electron chi connectivity index (χ0n) is 16.6. The number of benzene rings is 2. The molecule has 154 valence electrons. The number of carbonyl (C=O) groups is 2. The lowest BCUT2D eigenvalue weighted by Gasteiger charge is -2.25. The number of carbonyl (C=O) groups excluding carboxylic acids is 2. The average molecular weight is 404 g/mol. The van der Waals surface area contributed by atoms with E-state index < -0.39 is 6.09 Å². The normalized spacial score (nSPS) is 17.1. The Labute approximate surface area is 174 Å². The van der Waals surface area contributed by atoms with Gasteiger partial charge in [0, 0.05) is 5.56 Å². The van der Waals surface area contributed by atoms with Gasteiger partial charge in [-0.05, 0) is 67.2 Å². The van der Waals surface area contributed by atoms with Gasteiger partial charge in [0.1, 0.15) is 24.5 Å². The second-order valence-electron chi connectivity index (χ2n) is 8.33. The van der Waals surface area contributed by atoms with Crippen LogP contribution in [-0.4, -0.2) is 17.4 Å². The molecule has 1 heterocycles. The number of nitrogens with zero attached hydrogens (tertiary/aromatic N) is 1. The summed E-state index contributed by atoms with van der Waals surface area (Å²) in [6, 6.07) is 14.5. The van der Waals surface area contributed by atoms with Gasteiger partial charge in [0.25, 0.3) is 0 Å². The molecular weight excluding hydrogens is 380 g/mol. The second-order valence-corrected chi connectivity index (χ2v) is 8.33. The van der Waals surface area contributed by atoms with Gasteiger partial charge in [-0.2, -0.15) is 0 Å². The Bertz CT molecular complexity index is 1040. The van der Waals surface area contributed by atoms with E-state index in [0.717, 1.165) is 11.8 Å². The fraction of sp³-hybridized carbons (Fsp3) is 0.375. The van der Waals surface area contributed by atoms with Crippen molar-refractivity contribution in [3.63, 3.8) is 0 Å². The highest BCUT2D eigenvalue weighted by molar-refractivity contribution is 5.83. The fourth-order valence-electron chi connectivity index (χ4n) is 4.27. The number of nitrogens with one attached hydrogen (secondary N) is 1. The van der Waals surface area contributed by atoms with Crippen molar-refractivity contribution >= 4 is 23.5 Å². The molecule has 0 unspecified atom stereocenters. The number of rotatable bonds is 8. The van der Waals surface area contributed by atoms with Gasteiger partial charge in [-0.3, -0.25) is 4.79 Å². The van der Waals surface area contributed by atoms with Crippen LogP contribution in [0.5, 0.6) is 0 Å². The predicted octanol–water partition coefficient (Wildman–Crippen LogP) is 5.04. The maximum absolute atomic E-state index is 12.7. The topological polar surface area (TPSA) is 81.4 Å². The molecule has 3 aromatic rings. The third-order valence-corrected chi connectivity index (χ3v) is 6.03. The van der Waals surface area contributed by atoms with Gasteiger partial charge in [-0.25, -0.2) is 9.78 Å². The van der Waals surface area contributed by atoms with Crippen LogP contribution in [0, 0.1) is 17.8 Å². The lowest BCUT2D eigenvalue weighted by molar-refractivity contribution is 0.112. The maximum atomic E-state index is 12.7. The van der Waals surface area contributed by atoms with Crippen molar-refractivity contribution in [2.24, 2.45) is 17.8 Å². The van der Waals surface area contributed by atoms with Gasteiger partial charge in [0.2, 0.25) is 5.89 Å². The number of aromatic nitrogens is 1. The minimum Gasteiger partial charge on any atom is -0.445 e. The van der Waals surface area contributed by atoms with Crippen LogP contribution in [0.3, 0.4) is 0 Å². The molecule has 0 spiro atoms. The van der Waals surface area contributed by atoms with E-state index in [4.69, 9.17) is 9.15 Å². The molecule has 0 radical (unpaired) electrons. The first-order valence-electron chi connectivity index (χ1n) is 10.5. The number of alkyl carbamates (subject to hydrolysis) is 1. The van der Waals surface area contributed by atoms with E-state index >= 15 is 0 Å². The molecule has 2 saturated carbocycles. The summed E-state index contributed by atoms with van der Waals surface area (Å²) in [5.41, 5.74) is 2.73. The number of ether oxygens (including phenoxy) is 1. The van der Waals surface area contributed by atoms with E-state index in [1.165, 1.54) is 25.7 Å². The Kier molecular flexibility index (Phi) is 4.99. The summed E-state index contributed by atoms with van der Waals surface area (Å²) in [4.78, 5) is 28.4. The SMILES string of the molecule is O=Cc1ccc2oc([C@H](NC(=O)OCc3ccccc3)C(C3CC3)C3CC3)nc2c1. The van der Waals surface area contributed by atoms with E-state index in [9.17, 15) is 9.59 Å². The average Bonchev–Trinajstić information content (AvgIpc) is 3.71. The molecule has 2 aromatic carbocycles. The van der Waals surface area contributed by atoms with Crippen LogP contribution in [0.15, 0.2) is 52.9 Å². The van der Waals surface area contributed by atoms with Gasteiger partial charge >= 0.3 is 6.09 Å². The first-order chi connectivity index (χ1) is 14.7. The molecule has 1 amide bonds. The Morgan fingerprint density at radius 3 is 2.53 bits per heavy atom. The molecule has 0 saturated heterocycles. The lowest BCUT2D eigenvalue weighted by atomic mass is 9.89. The number of hydrogen-bond acceptors (Lipinski definition) is 5. The number of amides is 1. The highest BCUT2D eigenvalue weighted by Gasteiger charge is 2.48. The molecule has 5 rings (SSSR count). The van der Waals surface area contributed by atoms with Crippen LogP contribution >= 0.6 is 0 Å². The second kappa shape index (κ2) is 7.94. The Morgan fingerprint density at radius 2 is 1.87 bits per heavy atom. The van der Waals surface area contributed by atoms with E-state index in [1.807, 2.05) is 30.3 Å². The highest BCUT2D eigenvalue weighted by Crippen LogP contribution is 2.54. The van der Waals surface area contributed by atoms with Gasteiger partial charge in [0.15, 0.2) is 5.58 Å². The summed E-state index contributed by atoms with van der Waals surface area (Å²) in [5, 5.41) is 3.05. The Hall–Kier alpha value is -3.15. The van der Waals surface area contributed by atoms with Crippen molar-refractivity contribution in [1.29, 1.82) is 0 Å². The number of fused-ring (bicyclic) bond motifs is 1. The van der Waals surface area contributed by atoms with Gasteiger partial charge < -0.3 is 14.5 Å². The van der Waals surface area contributed by atoms with Crippen LogP contribution in [0.1, 0.15) is 53.5 Å². The van der Waals surface area contributed by atoms with Crippen molar-refractivity contribution in [2.75, 3.05) is 0 Å². The van der Waals surface area contributed by atoms with E-state index in [0.29, 0.717) is 40.3 Å². The van der Waals surface area contributed by atoms with Crippen LogP contribution in [0.25, 0.3) is 11.1 Å². The zero-order valence-corrected chi connectivity index (χ0v) is 16.6. The van der Waals surface area contributed by atoms with Crippen LogP contribution in [0.4, 0.5) is 4.79 Å². The summed E-state index contributed by atoms with van der Waals surface area (Å²) in [6.07, 6.45) is 5.02. The van der Waals surface area contributed by atoms with Crippen LogP contribution < -0.4 is 5.32 Å². The van der Waals surface area contributed by atoms with E-state index in [-0.39, 0.29) is 12.6 Å². The van der Waals surface area contributed by atoms with Crippen molar-refractivity contribution in [3.8, 4) is 0 Å². The quantitative estimate of drug-likeness (QED) is 0.532. The maximum Gasteiger partial charge on any atom is 0.408 e. The standard InChI is InChI=1S/C24H24N2O4/c27-13-16-6-11-20-19(12-16)25-23(30-20)22(21(17-7-8-17)18-9-10-18)26-24(28)29-14-15-4-2-1-3-5-15/h1-6,11-13,17-18,21-22H,7-10,14H2,(H,26,28)/t22-/m1/s1. The summed E-state index contributed by atoms with van der Waals surface area (Å²) in [5.74, 6) is 1.95. The Morgan fingerprint density at radius 1 is 1.13 bits per heavy atom. The van der Waals surface area contributed by atoms with Crippen molar-refractivity contribution in [3.05, 3.63) is 65.5 Å². The third kappa shape index (κ3) is 4.08. The monoisotopic (exact) mass is 404 g/mol. The van der Waals surface area contributed by atoms with Crippen molar-refractivity contribution in [1.82, 2.24) is 10.3 Å². The number of hydrogen-bond donors (Lipinski definition) is 1. The Balaban J connectivity index is 1.39. The molecule has 1 atom stereocenters. The minimum atomic E-state index is -0.467. The molecule has 6 nitrogen and oxygen atoms in total. The highest BCUT2D eigenvalue weighted by atomic mass is 16.5. The first kappa shape index (κ1) is 18.9. The first-order valence-corrected chi connectivity index (χ1v) is 10.5. The number of oxazole rings is 1. The molecule has 2 aliphatic carbocycles. The molecule has 30 heavy (non-hydrogen) atoms. The lowest BCUT2D eigenvalue weighted by Crippen LogP contribution is -2.36. The van der Waals surface area contributed by atoms with Gasteiger partial charge in [0.05, 0.1) is 0 Å². The summed E-state index contributed by atoms with van der Waals surface area (Å²) < 4.78 is 11.5. The zero-order chi connectivity index (χ0) is 20.5. The van der Waals surface area contributed by atoms with Gasteiger partial charge in [-0.15, -0.1) is 0 Å². The molecule has 6 heteroatoms. The molecule has 1 N–H and O–H groups in total.